The van der Waals surface area contributed by atoms with Gasteiger partial charge in [0.25, 0.3) is 0 Å². The molecule has 1 aliphatic heterocycles. The summed E-state index contributed by atoms with van der Waals surface area (Å²) in [4.78, 5) is 26.6. The summed E-state index contributed by atoms with van der Waals surface area (Å²) in [5.41, 5.74) is -1.39. The third kappa shape index (κ3) is 2.19. The fourth-order valence-corrected chi connectivity index (χ4v) is 4.12. The van der Waals surface area contributed by atoms with Crippen LogP contribution in [0.25, 0.3) is 0 Å². The number of carbonyl (C=O) groups is 2. The third-order valence-corrected chi connectivity index (χ3v) is 6.18. The van der Waals surface area contributed by atoms with Crippen LogP contribution in [0.2, 0.25) is 0 Å². The van der Waals surface area contributed by atoms with Crippen LogP contribution < -0.4 is 0 Å². The van der Waals surface area contributed by atoms with Crippen LogP contribution in [0.5, 0.6) is 0 Å². The molecule has 1 saturated carbocycles. The molecular formula is C18H21F2NO3. The van der Waals surface area contributed by atoms with Gasteiger partial charge in [0.1, 0.15) is 11.6 Å². The minimum absolute atomic E-state index is 0.252. The van der Waals surface area contributed by atoms with E-state index >= 15 is 0 Å². The summed E-state index contributed by atoms with van der Waals surface area (Å²) >= 11 is 0. The number of halogens is 2. The third-order valence-electron chi connectivity index (χ3n) is 6.18. The SMILES string of the molecule is CC1(C)[C@H]2CC[C@]1(C)C(=O)N(C[C@@H](O)c1cc(F)ccc1F)C2=O. The van der Waals surface area contributed by atoms with Gasteiger partial charge in [0.15, 0.2) is 0 Å². The van der Waals surface area contributed by atoms with Gasteiger partial charge >= 0.3 is 0 Å². The lowest BCUT2D eigenvalue weighted by atomic mass is 9.62. The molecule has 0 unspecified atom stereocenters. The molecule has 2 amide bonds. The molecule has 1 saturated heterocycles. The van der Waals surface area contributed by atoms with Gasteiger partial charge in [-0.1, -0.05) is 20.8 Å². The molecular weight excluding hydrogens is 316 g/mol. The van der Waals surface area contributed by atoms with Gasteiger partial charge in [-0.05, 0) is 36.5 Å². The summed E-state index contributed by atoms with van der Waals surface area (Å²) in [5, 5.41) is 10.3. The van der Waals surface area contributed by atoms with Gasteiger partial charge in [0.05, 0.1) is 18.1 Å². The highest BCUT2D eigenvalue weighted by Crippen LogP contribution is 2.60. The summed E-state index contributed by atoms with van der Waals surface area (Å²) in [7, 11) is 0. The highest BCUT2D eigenvalue weighted by molar-refractivity contribution is 6.03. The van der Waals surface area contributed by atoms with Gasteiger partial charge in [-0.2, -0.15) is 0 Å². The summed E-state index contributed by atoms with van der Waals surface area (Å²) < 4.78 is 27.1. The molecule has 6 heteroatoms. The Labute approximate surface area is 139 Å². The van der Waals surface area contributed by atoms with Crippen LogP contribution in [0.1, 0.15) is 45.3 Å². The van der Waals surface area contributed by atoms with Crippen LogP contribution in [-0.4, -0.2) is 28.4 Å². The van der Waals surface area contributed by atoms with Gasteiger partial charge in [-0.3, -0.25) is 14.5 Å². The molecule has 2 fully saturated rings. The molecule has 3 rings (SSSR count). The second kappa shape index (κ2) is 5.34. The fraction of sp³-hybridized carbons (Fsp3) is 0.556. The number of benzene rings is 1. The van der Waals surface area contributed by atoms with Gasteiger partial charge in [-0.25, -0.2) is 8.78 Å². The number of piperidine rings is 1. The molecule has 0 radical (unpaired) electrons. The van der Waals surface area contributed by atoms with E-state index in [0.717, 1.165) is 23.1 Å². The number of hydrogen-bond acceptors (Lipinski definition) is 3. The summed E-state index contributed by atoms with van der Waals surface area (Å²) in [6.07, 6.45) is -0.233. The second-order valence-corrected chi connectivity index (χ2v) is 7.58. The molecule has 130 valence electrons. The number of nitrogens with zero attached hydrogens (tertiary/aromatic N) is 1. The Morgan fingerprint density at radius 3 is 2.62 bits per heavy atom. The molecule has 1 aromatic carbocycles. The van der Waals surface area contributed by atoms with Crippen LogP contribution in [0.15, 0.2) is 18.2 Å². The van der Waals surface area contributed by atoms with E-state index < -0.39 is 28.6 Å². The van der Waals surface area contributed by atoms with Crippen LogP contribution in [0.4, 0.5) is 8.78 Å². The number of amides is 2. The smallest absolute Gasteiger partial charge is 0.235 e. The summed E-state index contributed by atoms with van der Waals surface area (Å²) in [5.74, 6) is -2.44. The van der Waals surface area contributed by atoms with Crippen LogP contribution in [0, 0.1) is 28.4 Å². The molecule has 2 aliphatic rings. The molecule has 1 aliphatic carbocycles. The van der Waals surface area contributed by atoms with Gasteiger partial charge in [0, 0.05) is 11.5 Å². The monoisotopic (exact) mass is 337 g/mol. The minimum Gasteiger partial charge on any atom is -0.386 e. The number of aliphatic hydroxyl groups excluding tert-OH is 1. The molecule has 0 spiro atoms. The average Bonchev–Trinajstić information content (AvgIpc) is 2.70. The molecule has 1 N–H and O–H groups in total. The topological polar surface area (TPSA) is 57.6 Å². The van der Waals surface area contributed by atoms with E-state index in [1.54, 1.807) is 0 Å². The van der Waals surface area contributed by atoms with Crippen LogP contribution in [0.3, 0.4) is 0 Å². The van der Waals surface area contributed by atoms with Gasteiger partial charge in [-0.15, -0.1) is 0 Å². The lowest BCUT2D eigenvalue weighted by Gasteiger charge is -2.48. The van der Waals surface area contributed by atoms with Crippen molar-refractivity contribution in [1.29, 1.82) is 0 Å². The van der Waals surface area contributed by atoms with E-state index in [0.29, 0.717) is 12.8 Å². The number of hydrogen-bond donors (Lipinski definition) is 1. The first-order valence-electron chi connectivity index (χ1n) is 8.08. The Morgan fingerprint density at radius 1 is 1.29 bits per heavy atom. The maximum atomic E-state index is 13.8. The number of fused-ring (bicyclic) bond motifs is 2. The van der Waals surface area contributed by atoms with E-state index in [-0.39, 0.29) is 29.8 Å². The first kappa shape index (κ1) is 17.0. The maximum Gasteiger partial charge on any atom is 0.235 e. The molecule has 1 heterocycles. The first-order chi connectivity index (χ1) is 11.1. The van der Waals surface area contributed by atoms with Crippen molar-refractivity contribution in [2.24, 2.45) is 16.7 Å². The van der Waals surface area contributed by atoms with Gasteiger partial charge in [0.2, 0.25) is 11.8 Å². The second-order valence-electron chi connectivity index (χ2n) is 7.58. The van der Waals surface area contributed by atoms with Crippen molar-refractivity contribution in [3.05, 3.63) is 35.4 Å². The quantitative estimate of drug-likeness (QED) is 0.863. The van der Waals surface area contributed by atoms with E-state index in [2.05, 4.69) is 0 Å². The standard InChI is InChI=1S/C18H21F2NO3/c1-17(2)12-6-7-18(17,3)16(24)21(15(12)23)9-14(22)11-8-10(19)4-5-13(11)20/h4-5,8,12,14,22H,6-7,9H2,1-3H3/t12-,14+,18+/m0/s1. The summed E-state index contributed by atoms with van der Waals surface area (Å²) in [6, 6.07) is 2.76. The number of carbonyl (C=O) groups excluding carboxylic acids is 2. The molecule has 0 aromatic heterocycles. The van der Waals surface area contributed by atoms with Gasteiger partial charge < -0.3 is 5.11 Å². The van der Waals surface area contributed by atoms with Crippen molar-refractivity contribution in [1.82, 2.24) is 4.90 Å². The number of aliphatic hydroxyl groups is 1. The highest BCUT2D eigenvalue weighted by atomic mass is 19.1. The molecule has 2 bridgehead atoms. The Hall–Kier alpha value is -1.82. The largest absolute Gasteiger partial charge is 0.386 e. The zero-order valence-electron chi connectivity index (χ0n) is 14.0. The van der Waals surface area contributed by atoms with Crippen molar-refractivity contribution in [3.8, 4) is 0 Å². The van der Waals surface area contributed by atoms with Crippen LogP contribution >= 0.6 is 0 Å². The summed E-state index contributed by atoms with van der Waals surface area (Å²) in [6.45, 7) is 5.31. The minimum atomic E-state index is -1.46. The normalized spacial score (nSPS) is 29.9. The number of rotatable bonds is 3. The zero-order valence-corrected chi connectivity index (χ0v) is 14.0. The van der Waals surface area contributed by atoms with Crippen LogP contribution in [-0.2, 0) is 9.59 Å². The fourth-order valence-electron chi connectivity index (χ4n) is 4.12. The Kier molecular flexibility index (Phi) is 3.79. The van der Waals surface area contributed by atoms with Crippen molar-refractivity contribution >= 4 is 11.8 Å². The highest BCUT2D eigenvalue weighted by Gasteiger charge is 2.64. The molecule has 4 nitrogen and oxygen atoms in total. The van der Waals surface area contributed by atoms with E-state index in [1.165, 1.54) is 0 Å². The Bertz CT molecular complexity index is 718. The molecule has 3 atom stereocenters. The average molecular weight is 337 g/mol. The van der Waals surface area contributed by atoms with Crippen molar-refractivity contribution in [3.63, 3.8) is 0 Å². The van der Waals surface area contributed by atoms with E-state index in [4.69, 9.17) is 0 Å². The van der Waals surface area contributed by atoms with Crippen molar-refractivity contribution in [2.45, 2.75) is 39.7 Å². The molecule has 1 aromatic rings. The first-order valence-corrected chi connectivity index (χ1v) is 8.08. The number of imide groups is 1. The Morgan fingerprint density at radius 2 is 1.96 bits per heavy atom. The molecule has 24 heavy (non-hydrogen) atoms. The van der Waals surface area contributed by atoms with E-state index in [9.17, 15) is 23.5 Å². The van der Waals surface area contributed by atoms with Crippen molar-refractivity contribution in [2.75, 3.05) is 6.54 Å². The van der Waals surface area contributed by atoms with Crippen molar-refractivity contribution < 1.29 is 23.5 Å². The lowest BCUT2D eigenvalue weighted by molar-refractivity contribution is -0.169. The number of β-amino-alcohol motifs (C(OH)–C–C–N with tert-alkyl or cyclic N) is 1. The zero-order chi connectivity index (χ0) is 17.9. The maximum absolute atomic E-state index is 13.8. The number of likely N-dealkylation sites (tertiary alicyclic amines) is 1. The predicted molar refractivity (Wildman–Crippen MR) is 82.6 cm³/mol. The predicted octanol–water partition coefficient (Wildman–Crippen LogP) is 2.81. The lowest BCUT2D eigenvalue weighted by Crippen LogP contribution is -2.59. The van der Waals surface area contributed by atoms with E-state index in [1.807, 2.05) is 20.8 Å². The Balaban J connectivity index is 1.90.